The van der Waals surface area contributed by atoms with Gasteiger partial charge in [-0.15, -0.1) is 0 Å². The molecule has 1 aliphatic heterocycles. The molecule has 0 saturated carbocycles. The molecule has 0 aromatic carbocycles. The van der Waals surface area contributed by atoms with Crippen molar-refractivity contribution in [2.75, 3.05) is 13.1 Å². The summed E-state index contributed by atoms with van der Waals surface area (Å²) in [6, 6.07) is 3.05. The van der Waals surface area contributed by atoms with Crippen LogP contribution >= 0.6 is 0 Å². The van der Waals surface area contributed by atoms with E-state index in [1.807, 2.05) is 0 Å². The van der Waals surface area contributed by atoms with Gasteiger partial charge in [-0.2, -0.15) is 0 Å². The molecule has 5 nitrogen and oxygen atoms in total. The highest BCUT2D eigenvalue weighted by Gasteiger charge is 2.30. The summed E-state index contributed by atoms with van der Waals surface area (Å²) in [6.07, 6.45) is 1.65. The summed E-state index contributed by atoms with van der Waals surface area (Å²) < 4.78 is 0. The monoisotopic (exact) mass is 233 g/mol. The van der Waals surface area contributed by atoms with Gasteiger partial charge in [0.05, 0.1) is 5.56 Å². The molecule has 1 fully saturated rings. The molecule has 1 aromatic rings. The van der Waals surface area contributed by atoms with Gasteiger partial charge in [0.25, 0.3) is 5.91 Å². The molecule has 5 heteroatoms. The zero-order valence-corrected chi connectivity index (χ0v) is 9.93. The summed E-state index contributed by atoms with van der Waals surface area (Å²) in [4.78, 5) is 29.5. The van der Waals surface area contributed by atoms with Crippen molar-refractivity contribution in [1.29, 1.82) is 0 Å². The predicted octanol–water partition coefficient (Wildman–Crippen LogP) is 0.351. The van der Waals surface area contributed by atoms with E-state index in [1.54, 1.807) is 37.1 Å². The Hall–Kier alpha value is -1.91. The van der Waals surface area contributed by atoms with E-state index in [4.69, 9.17) is 0 Å². The lowest BCUT2D eigenvalue weighted by Crippen LogP contribution is -2.55. The second-order valence-corrected chi connectivity index (χ2v) is 4.10. The molecular formula is C12H15N3O2. The zero-order chi connectivity index (χ0) is 12.4. The SMILES string of the molecule is Cc1ncccc1C(=O)N1CCNC(=O)C1C. The molecule has 0 spiro atoms. The molecule has 2 rings (SSSR count). The second-order valence-electron chi connectivity index (χ2n) is 4.10. The first-order valence-electron chi connectivity index (χ1n) is 5.61. The Balaban J connectivity index is 2.26. The van der Waals surface area contributed by atoms with Crippen molar-refractivity contribution >= 4 is 11.8 Å². The minimum Gasteiger partial charge on any atom is -0.353 e. The molecule has 0 radical (unpaired) electrons. The fraction of sp³-hybridized carbons (Fsp3) is 0.417. The molecule has 1 unspecified atom stereocenters. The second kappa shape index (κ2) is 4.53. The number of aryl methyl sites for hydroxylation is 1. The van der Waals surface area contributed by atoms with Crippen molar-refractivity contribution in [2.24, 2.45) is 0 Å². The van der Waals surface area contributed by atoms with Gasteiger partial charge >= 0.3 is 0 Å². The maximum Gasteiger partial charge on any atom is 0.256 e. The van der Waals surface area contributed by atoms with Crippen LogP contribution in [0.2, 0.25) is 0 Å². The standard InChI is InChI=1S/C12H15N3O2/c1-8-10(4-3-5-13-8)12(17)15-7-6-14-11(16)9(15)2/h3-5,9H,6-7H2,1-2H3,(H,14,16). The molecule has 1 saturated heterocycles. The van der Waals surface area contributed by atoms with Gasteiger partial charge in [0.1, 0.15) is 6.04 Å². The number of nitrogens with zero attached hydrogens (tertiary/aromatic N) is 2. The number of hydrogen-bond donors (Lipinski definition) is 1. The van der Waals surface area contributed by atoms with Crippen molar-refractivity contribution in [2.45, 2.75) is 19.9 Å². The van der Waals surface area contributed by atoms with Crippen molar-refractivity contribution in [3.8, 4) is 0 Å². The molecule has 1 N–H and O–H groups in total. The number of nitrogens with one attached hydrogen (secondary N) is 1. The van der Waals surface area contributed by atoms with Crippen molar-refractivity contribution in [3.63, 3.8) is 0 Å². The highest BCUT2D eigenvalue weighted by molar-refractivity contribution is 5.98. The third kappa shape index (κ3) is 2.13. The minimum atomic E-state index is -0.421. The molecular weight excluding hydrogens is 218 g/mol. The first-order chi connectivity index (χ1) is 8.11. The average molecular weight is 233 g/mol. The van der Waals surface area contributed by atoms with Crippen LogP contribution in [0.3, 0.4) is 0 Å². The minimum absolute atomic E-state index is 0.105. The largest absolute Gasteiger partial charge is 0.353 e. The van der Waals surface area contributed by atoms with Gasteiger partial charge in [-0.1, -0.05) is 0 Å². The van der Waals surface area contributed by atoms with Crippen LogP contribution in [0, 0.1) is 6.92 Å². The lowest BCUT2D eigenvalue weighted by molar-refractivity contribution is -0.127. The van der Waals surface area contributed by atoms with Crippen LogP contribution < -0.4 is 5.32 Å². The summed E-state index contributed by atoms with van der Waals surface area (Å²) in [5, 5.41) is 2.73. The maximum atomic E-state index is 12.3. The van der Waals surface area contributed by atoms with Crippen LogP contribution in [-0.4, -0.2) is 40.8 Å². The summed E-state index contributed by atoms with van der Waals surface area (Å²) in [5.41, 5.74) is 1.25. The first kappa shape index (κ1) is 11.6. The average Bonchev–Trinajstić information content (AvgIpc) is 2.32. The van der Waals surface area contributed by atoms with Gasteiger partial charge in [-0.25, -0.2) is 0 Å². The van der Waals surface area contributed by atoms with E-state index in [1.165, 1.54) is 0 Å². The Morgan fingerprint density at radius 2 is 2.35 bits per heavy atom. The number of pyridine rings is 1. The van der Waals surface area contributed by atoms with E-state index in [2.05, 4.69) is 10.3 Å². The summed E-state index contributed by atoms with van der Waals surface area (Å²) >= 11 is 0. The number of piperazine rings is 1. The Bertz CT molecular complexity index is 459. The van der Waals surface area contributed by atoms with E-state index in [0.717, 1.165) is 0 Å². The van der Waals surface area contributed by atoms with Crippen LogP contribution in [0.4, 0.5) is 0 Å². The molecule has 17 heavy (non-hydrogen) atoms. The van der Waals surface area contributed by atoms with Crippen LogP contribution in [0.15, 0.2) is 18.3 Å². The quantitative estimate of drug-likeness (QED) is 0.761. The van der Waals surface area contributed by atoms with Crippen LogP contribution in [0.1, 0.15) is 23.0 Å². The summed E-state index contributed by atoms with van der Waals surface area (Å²) in [6.45, 7) is 4.58. The zero-order valence-electron chi connectivity index (χ0n) is 9.93. The number of hydrogen-bond acceptors (Lipinski definition) is 3. The van der Waals surface area contributed by atoms with Crippen molar-refractivity contribution < 1.29 is 9.59 Å². The molecule has 2 amide bonds. The molecule has 90 valence electrons. The highest BCUT2D eigenvalue weighted by Crippen LogP contribution is 2.12. The van der Waals surface area contributed by atoms with Gasteiger partial charge in [0.2, 0.25) is 5.91 Å². The fourth-order valence-electron chi connectivity index (χ4n) is 1.92. The molecule has 1 atom stereocenters. The van der Waals surface area contributed by atoms with Gasteiger partial charge in [-0.3, -0.25) is 14.6 Å². The molecule has 1 aliphatic rings. The molecule has 2 heterocycles. The van der Waals surface area contributed by atoms with E-state index in [0.29, 0.717) is 24.3 Å². The van der Waals surface area contributed by atoms with E-state index in [9.17, 15) is 9.59 Å². The first-order valence-corrected chi connectivity index (χ1v) is 5.61. The van der Waals surface area contributed by atoms with Crippen molar-refractivity contribution in [1.82, 2.24) is 15.2 Å². The maximum absolute atomic E-state index is 12.3. The number of carbonyl (C=O) groups is 2. The number of amides is 2. The highest BCUT2D eigenvalue weighted by atomic mass is 16.2. The van der Waals surface area contributed by atoms with E-state index in [-0.39, 0.29) is 11.8 Å². The fourth-order valence-corrected chi connectivity index (χ4v) is 1.92. The van der Waals surface area contributed by atoms with E-state index >= 15 is 0 Å². The Kier molecular flexibility index (Phi) is 3.08. The van der Waals surface area contributed by atoms with Crippen LogP contribution in [0.5, 0.6) is 0 Å². The predicted molar refractivity (Wildman–Crippen MR) is 62.5 cm³/mol. The van der Waals surface area contributed by atoms with Gasteiger partial charge < -0.3 is 10.2 Å². The number of rotatable bonds is 1. The lowest BCUT2D eigenvalue weighted by atomic mass is 10.1. The third-order valence-corrected chi connectivity index (χ3v) is 3.00. The molecule has 1 aromatic heterocycles. The number of aromatic nitrogens is 1. The summed E-state index contributed by atoms with van der Waals surface area (Å²) in [5.74, 6) is -0.232. The Morgan fingerprint density at radius 1 is 1.59 bits per heavy atom. The van der Waals surface area contributed by atoms with Gasteiger partial charge in [0.15, 0.2) is 0 Å². The number of carbonyl (C=O) groups excluding carboxylic acids is 2. The van der Waals surface area contributed by atoms with Crippen LogP contribution in [-0.2, 0) is 4.79 Å². The lowest BCUT2D eigenvalue weighted by Gasteiger charge is -2.33. The topological polar surface area (TPSA) is 62.3 Å². The summed E-state index contributed by atoms with van der Waals surface area (Å²) in [7, 11) is 0. The van der Waals surface area contributed by atoms with Crippen molar-refractivity contribution in [3.05, 3.63) is 29.6 Å². The molecule has 0 aliphatic carbocycles. The third-order valence-electron chi connectivity index (χ3n) is 3.00. The van der Waals surface area contributed by atoms with Crippen LogP contribution in [0.25, 0.3) is 0 Å². The normalized spacial score (nSPS) is 20.0. The Morgan fingerprint density at radius 3 is 3.06 bits per heavy atom. The Labute approximate surface area is 99.8 Å². The smallest absolute Gasteiger partial charge is 0.256 e. The van der Waals surface area contributed by atoms with Gasteiger partial charge in [-0.05, 0) is 26.0 Å². The van der Waals surface area contributed by atoms with Gasteiger partial charge in [0, 0.05) is 25.0 Å². The molecule has 0 bridgehead atoms. The van der Waals surface area contributed by atoms with E-state index < -0.39 is 6.04 Å².